The summed E-state index contributed by atoms with van der Waals surface area (Å²) >= 11 is 3.97. The van der Waals surface area contributed by atoms with Crippen LogP contribution in [0.25, 0.3) is 6.08 Å². The Hall–Kier alpha value is -4.56. The zero-order valence-corrected chi connectivity index (χ0v) is 23.0. The second-order valence-electron chi connectivity index (χ2n) is 8.11. The predicted molar refractivity (Wildman–Crippen MR) is 149 cm³/mol. The average molecular weight is 628 g/mol. The summed E-state index contributed by atoms with van der Waals surface area (Å²) < 4.78 is 12.1. The van der Waals surface area contributed by atoms with Crippen molar-refractivity contribution in [2.24, 2.45) is 0 Å². The Balaban J connectivity index is 1.57. The topological polar surface area (TPSA) is 159 Å². The van der Waals surface area contributed by atoms with Crippen molar-refractivity contribution in [3.63, 3.8) is 0 Å². The minimum absolute atomic E-state index is 0.0872. The van der Waals surface area contributed by atoms with E-state index < -0.39 is 44.7 Å². The maximum Gasteiger partial charge on any atom is 0.318 e. The SMILES string of the molecule is CCOc1cc(/C=C2/SC(=O)N(CC(=O)c3ccc(Br)cc3)C2=O)ccc1Oc1ccc([N+](=O)[O-])cc1[N+](=O)[O-]. The first-order valence-corrected chi connectivity index (χ1v) is 13.1. The van der Waals surface area contributed by atoms with E-state index >= 15 is 0 Å². The third kappa shape index (κ3) is 6.35. The predicted octanol–water partition coefficient (Wildman–Crippen LogP) is 6.38. The lowest BCUT2D eigenvalue weighted by molar-refractivity contribution is -0.394. The number of halogens is 1. The second-order valence-corrected chi connectivity index (χ2v) is 10.0. The van der Waals surface area contributed by atoms with E-state index in [1.54, 1.807) is 31.2 Å². The van der Waals surface area contributed by atoms with Gasteiger partial charge in [0.25, 0.3) is 16.8 Å². The standard InChI is InChI=1S/C26H18BrN3O9S/c1-2-38-23-11-15(3-9-22(23)39-21-10-8-18(29(34)35)13-19(21)30(36)37)12-24-25(32)28(26(33)40-24)14-20(31)16-4-6-17(27)7-5-16/h3-13H,2,14H2,1H3/b24-12+. The van der Waals surface area contributed by atoms with Gasteiger partial charge >= 0.3 is 5.69 Å². The summed E-state index contributed by atoms with van der Waals surface area (Å²) in [5.41, 5.74) is -0.255. The van der Waals surface area contributed by atoms with Crippen molar-refractivity contribution < 1.29 is 33.7 Å². The van der Waals surface area contributed by atoms with Crippen molar-refractivity contribution in [2.45, 2.75) is 6.92 Å². The van der Waals surface area contributed by atoms with Gasteiger partial charge in [-0.3, -0.25) is 39.5 Å². The number of nitro groups is 2. The lowest BCUT2D eigenvalue weighted by Gasteiger charge is -2.13. The molecule has 0 unspecified atom stereocenters. The van der Waals surface area contributed by atoms with Crippen LogP contribution in [0.5, 0.6) is 17.2 Å². The maximum atomic E-state index is 12.9. The molecule has 1 aliphatic heterocycles. The van der Waals surface area contributed by atoms with Crippen LogP contribution in [0.15, 0.2) is 70.0 Å². The number of carbonyl (C=O) groups excluding carboxylic acids is 3. The number of benzene rings is 3. The molecule has 40 heavy (non-hydrogen) atoms. The van der Waals surface area contributed by atoms with E-state index in [0.717, 1.165) is 27.6 Å². The molecule has 3 aromatic carbocycles. The van der Waals surface area contributed by atoms with Crippen LogP contribution >= 0.6 is 27.7 Å². The highest BCUT2D eigenvalue weighted by Gasteiger charge is 2.36. The Kier molecular flexibility index (Phi) is 8.60. The number of ether oxygens (including phenoxy) is 2. The van der Waals surface area contributed by atoms with Gasteiger partial charge in [0, 0.05) is 16.1 Å². The highest BCUT2D eigenvalue weighted by Crippen LogP contribution is 2.39. The number of Topliss-reactive ketones (excluding diaryl/α,β-unsaturated/α-hetero) is 1. The number of hydrogen-bond donors (Lipinski definition) is 0. The van der Waals surface area contributed by atoms with Gasteiger partial charge in [-0.05, 0) is 60.7 Å². The lowest BCUT2D eigenvalue weighted by atomic mass is 10.1. The minimum Gasteiger partial charge on any atom is -0.490 e. The fourth-order valence-corrected chi connectivity index (χ4v) is 4.69. The number of imide groups is 1. The molecule has 1 aliphatic rings. The zero-order valence-electron chi connectivity index (χ0n) is 20.6. The van der Waals surface area contributed by atoms with Crippen LogP contribution in [0.3, 0.4) is 0 Å². The summed E-state index contributed by atoms with van der Waals surface area (Å²) in [6.07, 6.45) is 1.45. The molecule has 0 spiro atoms. The Morgan fingerprint density at radius 3 is 2.33 bits per heavy atom. The number of nitro benzene ring substituents is 2. The maximum absolute atomic E-state index is 12.9. The van der Waals surface area contributed by atoms with Gasteiger partial charge in [-0.15, -0.1) is 0 Å². The van der Waals surface area contributed by atoms with Crippen LogP contribution in [-0.4, -0.2) is 44.8 Å². The smallest absolute Gasteiger partial charge is 0.318 e. The third-order valence-electron chi connectivity index (χ3n) is 5.48. The second kappa shape index (κ2) is 12.1. The van der Waals surface area contributed by atoms with E-state index in [1.807, 2.05) is 0 Å². The number of thioether (sulfide) groups is 1. The molecule has 1 saturated heterocycles. The highest BCUT2D eigenvalue weighted by molar-refractivity contribution is 9.10. The van der Waals surface area contributed by atoms with Gasteiger partial charge in [0.15, 0.2) is 17.3 Å². The molecule has 0 radical (unpaired) electrons. The quantitative estimate of drug-likeness (QED) is 0.107. The largest absolute Gasteiger partial charge is 0.490 e. The Morgan fingerprint density at radius 1 is 0.975 bits per heavy atom. The van der Waals surface area contributed by atoms with Gasteiger partial charge in [-0.25, -0.2) is 0 Å². The summed E-state index contributed by atoms with van der Waals surface area (Å²) in [6.45, 7) is 1.50. The molecule has 0 bridgehead atoms. The van der Waals surface area contributed by atoms with Crippen LogP contribution in [0.4, 0.5) is 16.2 Å². The molecule has 1 heterocycles. The fraction of sp³-hybridized carbons (Fsp3) is 0.115. The average Bonchev–Trinajstić information content (AvgIpc) is 3.17. The van der Waals surface area contributed by atoms with E-state index in [2.05, 4.69) is 15.9 Å². The zero-order chi connectivity index (χ0) is 29.0. The van der Waals surface area contributed by atoms with Gasteiger partial charge in [-0.2, -0.15) is 0 Å². The summed E-state index contributed by atoms with van der Waals surface area (Å²) in [4.78, 5) is 59.9. The fourth-order valence-electron chi connectivity index (χ4n) is 3.59. The van der Waals surface area contributed by atoms with Gasteiger partial charge < -0.3 is 9.47 Å². The molecule has 1 fully saturated rings. The minimum atomic E-state index is -0.797. The van der Waals surface area contributed by atoms with Crippen LogP contribution < -0.4 is 9.47 Å². The van der Waals surface area contributed by atoms with Crippen molar-refractivity contribution in [2.75, 3.05) is 13.2 Å². The number of nitrogens with zero attached hydrogens (tertiary/aromatic N) is 3. The number of ketones is 1. The van der Waals surface area contributed by atoms with Crippen molar-refractivity contribution >= 4 is 62.1 Å². The van der Waals surface area contributed by atoms with E-state index in [4.69, 9.17) is 9.47 Å². The van der Waals surface area contributed by atoms with E-state index in [9.17, 15) is 34.6 Å². The first-order chi connectivity index (χ1) is 19.1. The Bertz CT molecular complexity index is 1570. The summed E-state index contributed by atoms with van der Waals surface area (Å²) in [7, 11) is 0. The molecule has 2 amide bonds. The molecule has 3 aromatic rings. The third-order valence-corrected chi connectivity index (χ3v) is 6.91. The van der Waals surface area contributed by atoms with E-state index in [1.165, 1.54) is 24.3 Å². The van der Waals surface area contributed by atoms with Crippen LogP contribution in [0, 0.1) is 20.2 Å². The molecular formula is C26H18BrN3O9S. The van der Waals surface area contributed by atoms with Gasteiger partial charge in [0.2, 0.25) is 5.75 Å². The highest BCUT2D eigenvalue weighted by atomic mass is 79.9. The first-order valence-electron chi connectivity index (χ1n) is 11.5. The first kappa shape index (κ1) is 28.4. The number of carbonyl (C=O) groups is 3. The lowest BCUT2D eigenvalue weighted by Crippen LogP contribution is -2.33. The molecule has 0 saturated carbocycles. The van der Waals surface area contributed by atoms with Crippen molar-refractivity contribution in [1.29, 1.82) is 0 Å². The van der Waals surface area contributed by atoms with Crippen LogP contribution in [0.1, 0.15) is 22.8 Å². The monoisotopic (exact) mass is 627 g/mol. The van der Waals surface area contributed by atoms with Crippen molar-refractivity contribution in [3.05, 3.63) is 101 Å². The number of rotatable bonds is 10. The Morgan fingerprint density at radius 2 is 1.68 bits per heavy atom. The van der Waals surface area contributed by atoms with Crippen molar-refractivity contribution in [3.8, 4) is 17.2 Å². The molecule has 12 nitrogen and oxygen atoms in total. The van der Waals surface area contributed by atoms with E-state index in [0.29, 0.717) is 22.9 Å². The summed E-state index contributed by atoms with van der Waals surface area (Å²) in [6, 6.07) is 14.0. The molecule has 0 aliphatic carbocycles. The molecule has 0 atom stereocenters. The molecule has 14 heteroatoms. The van der Waals surface area contributed by atoms with E-state index in [-0.39, 0.29) is 28.8 Å². The van der Waals surface area contributed by atoms with Crippen LogP contribution in [0.2, 0.25) is 0 Å². The van der Waals surface area contributed by atoms with Gasteiger partial charge in [-0.1, -0.05) is 34.1 Å². The normalized spacial score (nSPS) is 13.9. The van der Waals surface area contributed by atoms with Gasteiger partial charge in [0.1, 0.15) is 0 Å². The number of hydrogen-bond acceptors (Lipinski definition) is 10. The summed E-state index contributed by atoms with van der Waals surface area (Å²) in [5.74, 6) is -0.990. The van der Waals surface area contributed by atoms with Crippen molar-refractivity contribution in [1.82, 2.24) is 4.90 Å². The molecule has 0 N–H and O–H groups in total. The summed E-state index contributed by atoms with van der Waals surface area (Å²) in [5, 5.41) is 21.9. The number of non-ortho nitro benzene ring substituents is 1. The molecule has 4 rings (SSSR count). The Labute approximate surface area is 239 Å². The number of amides is 2. The van der Waals surface area contributed by atoms with Gasteiger partial charge in [0.05, 0.1) is 34.0 Å². The molecule has 0 aromatic heterocycles. The molecular weight excluding hydrogens is 610 g/mol. The molecule has 204 valence electrons. The van der Waals surface area contributed by atoms with Crippen LogP contribution in [-0.2, 0) is 4.79 Å².